The topological polar surface area (TPSA) is 80.2 Å². The predicted molar refractivity (Wildman–Crippen MR) is 138 cm³/mol. The van der Waals surface area contributed by atoms with Gasteiger partial charge in [0.25, 0.3) is 5.91 Å². The second-order valence-corrected chi connectivity index (χ2v) is 8.80. The lowest BCUT2D eigenvalue weighted by atomic mass is 10.2. The van der Waals surface area contributed by atoms with Crippen molar-refractivity contribution in [1.82, 2.24) is 4.90 Å². The molecule has 1 fully saturated rings. The number of nitrogens with one attached hydrogen (secondary N) is 1. The van der Waals surface area contributed by atoms with Gasteiger partial charge in [-0.05, 0) is 71.4 Å². The Hall–Kier alpha value is -4.11. The lowest BCUT2D eigenvalue weighted by Gasteiger charge is -2.16. The molecule has 0 atom stereocenters. The minimum absolute atomic E-state index is 0.247. The highest BCUT2D eigenvalue weighted by atomic mass is 32.2. The van der Waals surface area contributed by atoms with Gasteiger partial charge in [-0.2, -0.15) is 0 Å². The number of thioether (sulfide) groups is 1. The van der Waals surface area contributed by atoms with Crippen LogP contribution in [0.5, 0.6) is 11.5 Å². The van der Waals surface area contributed by atoms with Crippen molar-refractivity contribution in [2.24, 2.45) is 4.99 Å². The largest absolute Gasteiger partial charge is 0.497 e. The molecule has 0 saturated carbocycles. The molecule has 0 spiro atoms. The second kappa shape index (κ2) is 11.5. The highest BCUT2D eigenvalue weighted by Gasteiger charge is 2.34. The smallest absolute Gasteiger partial charge is 0.267 e. The minimum atomic E-state index is -0.488. The van der Waals surface area contributed by atoms with Crippen LogP contribution in [0, 0.1) is 5.82 Å². The van der Waals surface area contributed by atoms with Crippen molar-refractivity contribution in [3.63, 3.8) is 0 Å². The Kier molecular flexibility index (Phi) is 8.02. The number of amidine groups is 1. The number of methoxy groups -OCH3 is 2. The maximum Gasteiger partial charge on any atom is 0.267 e. The van der Waals surface area contributed by atoms with E-state index in [0.29, 0.717) is 23.1 Å². The first-order valence-corrected chi connectivity index (χ1v) is 11.8. The summed E-state index contributed by atoms with van der Waals surface area (Å²) in [6.07, 6.45) is 1.24. The molecule has 1 aliphatic heterocycles. The molecular weight excluding hydrogens is 481 g/mol. The molecule has 2 amide bonds. The van der Waals surface area contributed by atoms with Crippen molar-refractivity contribution >= 4 is 34.4 Å². The molecule has 3 aromatic carbocycles. The third-order valence-electron chi connectivity index (χ3n) is 5.32. The molecule has 3 aromatic rings. The monoisotopic (exact) mass is 505 g/mol. The van der Waals surface area contributed by atoms with Crippen LogP contribution in [0.4, 0.5) is 10.1 Å². The van der Waals surface area contributed by atoms with Gasteiger partial charge in [0.1, 0.15) is 17.3 Å². The van der Waals surface area contributed by atoms with Gasteiger partial charge in [-0.15, -0.1) is 0 Å². The summed E-state index contributed by atoms with van der Waals surface area (Å²) >= 11 is 1.14. The summed E-state index contributed by atoms with van der Waals surface area (Å²) in [5.74, 6) is 0.249. The van der Waals surface area contributed by atoms with Gasteiger partial charge in [0, 0.05) is 11.8 Å². The zero-order valence-electron chi connectivity index (χ0n) is 19.7. The van der Waals surface area contributed by atoms with E-state index in [2.05, 4.69) is 10.3 Å². The van der Waals surface area contributed by atoms with Gasteiger partial charge in [0.15, 0.2) is 5.17 Å². The summed E-state index contributed by atoms with van der Waals surface area (Å²) in [6, 6.07) is 20.3. The Morgan fingerprint density at radius 3 is 2.11 bits per heavy atom. The fraction of sp³-hybridized carbons (Fsp3) is 0.148. The van der Waals surface area contributed by atoms with Gasteiger partial charge in [-0.25, -0.2) is 4.39 Å². The molecule has 0 bridgehead atoms. The molecule has 0 radical (unpaired) electrons. The SMILES string of the molecule is COc1ccc(CN=C2S/C(=C/C(=O)Nc3ccc(F)cc3)C(=O)N2Cc2ccc(OC)cc2)cc1. The van der Waals surface area contributed by atoms with E-state index in [0.717, 1.165) is 28.6 Å². The van der Waals surface area contributed by atoms with Crippen molar-refractivity contribution in [2.45, 2.75) is 13.1 Å². The predicted octanol–water partition coefficient (Wildman–Crippen LogP) is 5.00. The number of hydrogen-bond donors (Lipinski definition) is 1. The molecule has 184 valence electrons. The molecule has 7 nitrogen and oxygen atoms in total. The van der Waals surface area contributed by atoms with Crippen LogP contribution in [-0.4, -0.2) is 36.1 Å². The van der Waals surface area contributed by atoms with Gasteiger partial charge >= 0.3 is 0 Å². The first-order valence-electron chi connectivity index (χ1n) is 11.0. The van der Waals surface area contributed by atoms with E-state index in [4.69, 9.17) is 9.47 Å². The van der Waals surface area contributed by atoms with Crippen molar-refractivity contribution in [3.8, 4) is 11.5 Å². The Labute approximate surface area is 212 Å². The standard InChI is InChI=1S/C27H24FN3O4S/c1-34-22-11-3-18(4-12-22)16-29-27-31(17-19-5-13-23(35-2)14-6-19)26(33)24(36-27)15-25(32)30-21-9-7-20(28)8-10-21/h3-15H,16-17H2,1-2H3,(H,30,32)/b24-15+,29-27?. The van der Waals surface area contributed by atoms with Crippen LogP contribution in [0.3, 0.4) is 0 Å². The normalized spacial score (nSPS) is 15.4. The van der Waals surface area contributed by atoms with Crippen molar-refractivity contribution < 1.29 is 23.5 Å². The Morgan fingerprint density at radius 1 is 0.944 bits per heavy atom. The lowest BCUT2D eigenvalue weighted by molar-refractivity contribution is -0.123. The first-order chi connectivity index (χ1) is 17.4. The number of aliphatic imine (C=N–C) groups is 1. The Bertz CT molecular complexity index is 1290. The first kappa shape index (κ1) is 25.0. The van der Waals surface area contributed by atoms with Crippen LogP contribution >= 0.6 is 11.8 Å². The van der Waals surface area contributed by atoms with Crippen LogP contribution in [0.15, 0.2) is 88.8 Å². The molecular formula is C27H24FN3O4S. The number of benzene rings is 3. The van der Waals surface area contributed by atoms with Crippen molar-refractivity contribution in [1.29, 1.82) is 0 Å². The maximum atomic E-state index is 13.3. The number of hydrogen-bond acceptors (Lipinski definition) is 6. The molecule has 4 rings (SSSR count). The fourth-order valence-corrected chi connectivity index (χ4v) is 4.35. The van der Waals surface area contributed by atoms with E-state index in [1.807, 2.05) is 48.5 Å². The summed E-state index contributed by atoms with van der Waals surface area (Å²) in [4.78, 5) is 32.3. The molecule has 0 aliphatic carbocycles. The van der Waals surface area contributed by atoms with Crippen molar-refractivity contribution in [3.05, 3.63) is 101 Å². The second-order valence-electron chi connectivity index (χ2n) is 7.79. The zero-order valence-corrected chi connectivity index (χ0v) is 20.5. The highest BCUT2D eigenvalue weighted by Crippen LogP contribution is 2.33. The maximum absolute atomic E-state index is 13.3. The molecule has 9 heteroatoms. The molecule has 0 unspecified atom stereocenters. The van der Waals surface area contributed by atoms with Crippen LogP contribution in [0.25, 0.3) is 0 Å². The number of nitrogens with zero attached hydrogens (tertiary/aromatic N) is 2. The van der Waals surface area contributed by atoms with E-state index >= 15 is 0 Å². The highest BCUT2D eigenvalue weighted by molar-refractivity contribution is 8.18. The van der Waals surface area contributed by atoms with E-state index in [1.165, 1.54) is 30.3 Å². The molecule has 0 aromatic heterocycles. The quantitative estimate of drug-likeness (QED) is 0.436. The summed E-state index contributed by atoms with van der Waals surface area (Å²) in [5.41, 5.74) is 2.27. The van der Waals surface area contributed by atoms with E-state index in [1.54, 1.807) is 19.1 Å². The number of carbonyl (C=O) groups excluding carboxylic acids is 2. The Morgan fingerprint density at radius 2 is 1.53 bits per heavy atom. The molecule has 36 heavy (non-hydrogen) atoms. The average molecular weight is 506 g/mol. The van der Waals surface area contributed by atoms with Crippen molar-refractivity contribution in [2.75, 3.05) is 19.5 Å². The fourth-order valence-electron chi connectivity index (χ4n) is 3.40. The molecule has 1 N–H and O–H groups in total. The summed E-state index contributed by atoms with van der Waals surface area (Å²) in [5, 5.41) is 3.14. The van der Waals surface area contributed by atoms with Gasteiger partial charge in [-0.1, -0.05) is 24.3 Å². The average Bonchev–Trinajstić information content (AvgIpc) is 3.18. The van der Waals surface area contributed by atoms with Gasteiger partial charge < -0.3 is 14.8 Å². The van der Waals surface area contributed by atoms with Crippen LogP contribution in [0.2, 0.25) is 0 Å². The number of rotatable bonds is 8. The minimum Gasteiger partial charge on any atom is -0.497 e. The number of halogens is 1. The third-order valence-corrected chi connectivity index (χ3v) is 6.36. The lowest BCUT2D eigenvalue weighted by Crippen LogP contribution is -2.29. The van der Waals surface area contributed by atoms with E-state index in [-0.39, 0.29) is 17.4 Å². The number of ether oxygens (including phenoxy) is 2. The summed E-state index contributed by atoms with van der Waals surface area (Å²) in [6.45, 7) is 0.641. The van der Waals surface area contributed by atoms with Gasteiger partial charge in [0.05, 0.1) is 32.2 Å². The van der Waals surface area contributed by atoms with Gasteiger partial charge in [0.2, 0.25) is 5.91 Å². The van der Waals surface area contributed by atoms with Crippen LogP contribution < -0.4 is 14.8 Å². The molecule has 1 saturated heterocycles. The number of anilines is 1. The summed E-state index contributed by atoms with van der Waals surface area (Å²) < 4.78 is 23.5. The van der Waals surface area contributed by atoms with E-state index in [9.17, 15) is 14.0 Å². The third kappa shape index (κ3) is 6.31. The number of carbonyl (C=O) groups is 2. The van der Waals surface area contributed by atoms with Crippen LogP contribution in [-0.2, 0) is 22.7 Å². The zero-order chi connectivity index (χ0) is 25.5. The molecule has 1 heterocycles. The Balaban J connectivity index is 1.55. The van der Waals surface area contributed by atoms with Crippen LogP contribution in [0.1, 0.15) is 11.1 Å². The molecule has 1 aliphatic rings. The summed E-state index contributed by atoms with van der Waals surface area (Å²) in [7, 11) is 3.20. The van der Waals surface area contributed by atoms with E-state index < -0.39 is 11.7 Å². The number of amides is 2. The van der Waals surface area contributed by atoms with Gasteiger partial charge in [-0.3, -0.25) is 19.5 Å².